The minimum absolute atomic E-state index is 0.406. The van der Waals surface area contributed by atoms with E-state index in [9.17, 15) is 9.90 Å². The molecule has 1 aliphatic heterocycles. The summed E-state index contributed by atoms with van der Waals surface area (Å²) < 4.78 is 0. The van der Waals surface area contributed by atoms with Crippen molar-refractivity contribution in [3.8, 4) is 0 Å². The minimum atomic E-state index is -0.723. The van der Waals surface area contributed by atoms with Gasteiger partial charge >= 0.3 is 5.97 Å². The maximum atomic E-state index is 11.4. The smallest absolute Gasteiger partial charge is 0.312 e. The van der Waals surface area contributed by atoms with Crippen LogP contribution in [0.3, 0.4) is 0 Å². The molecule has 3 nitrogen and oxygen atoms in total. The molecule has 1 aliphatic rings. The van der Waals surface area contributed by atoms with E-state index >= 15 is 0 Å². The number of rotatable bonds is 4. The summed E-state index contributed by atoms with van der Waals surface area (Å²) in [7, 11) is 0. The summed E-state index contributed by atoms with van der Waals surface area (Å²) in [5.74, 6) is -0.445. The zero-order valence-corrected chi connectivity index (χ0v) is 10.9. The van der Waals surface area contributed by atoms with Crippen LogP contribution in [0.4, 0.5) is 0 Å². The van der Waals surface area contributed by atoms with Gasteiger partial charge in [0.05, 0.1) is 5.92 Å². The molecule has 0 saturated carbocycles. The number of benzene rings is 1. The molecule has 1 saturated heterocycles. The quantitative estimate of drug-likeness (QED) is 0.889. The van der Waals surface area contributed by atoms with E-state index in [2.05, 4.69) is 11.8 Å². The van der Waals surface area contributed by atoms with Gasteiger partial charge in [-0.1, -0.05) is 37.3 Å². The van der Waals surface area contributed by atoms with Gasteiger partial charge in [0, 0.05) is 13.1 Å². The number of hydrogen-bond acceptors (Lipinski definition) is 2. The summed E-state index contributed by atoms with van der Waals surface area (Å²) >= 11 is 0. The Morgan fingerprint density at radius 3 is 2.78 bits per heavy atom. The van der Waals surface area contributed by atoms with Gasteiger partial charge in [0.15, 0.2) is 0 Å². The third-order valence-electron chi connectivity index (χ3n) is 3.68. The molecular weight excluding hydrogens is 226 g/mol. The highest BCUT2D eigenvalue weighted by Gasteiger charge is 2.25. The van der Waals surface area contributed by atoms with Crippen LogP contribution >= 0.6 is 0 Å². The average Bonchev–Trinajstić information content (AvgIpc) is 2.37. The van der Waals surface area contributed by atoms with Crippen LogP contribution in [0.2, 0.25) is 0 Å². The van der Waals surface area contributed by atoms with Gasteiger partial charge in [0.1, 0.15) is 0 Å². The first-order chi connectivity index (χ1) is 8.66. The molecule has 2 unspecified atom stereocenters. The summed E-state index contributed by atoms with van der Waals surface area (Å²) in [4.78, 5) is 13.7. The number of likely N-dealkylation sites (tertiary alicyclic amines) is 1. The van der Waals surface area contributed by atoms with Crippen molar-refractivity contribution in [3.05, 3.63) is 35.9 Å². The van der Waals surface area contributed by atoms with E-state index in [1.807, 2.05) is 30.3 Å². The standard InChI is InChI=1S/C15H21NO2/c1-12-6-5-9-16(10-12)11-14(15(17)18)13-7-3-2-4-8-13/h2-4,7-8,12,14H,5-6,9-11H2,1H3,(H,17,18). The summed E-state index contributed by atoms with van der Waals surface area (Å²) in [6, 6.07) is 9.55. The number of aliphatic carboxylic acids is 1. The normalized spacial score (nSPS) is 22.6. The first kappa shape index (κ1) is 13.1. The Balaban J connectivity index is 2.05. The highest BCUT2D eigenvalue weighted by molar-refractivity contribution is 5.76. The Kier molecular flexibility index (Phi) is 4.37. The van der Waals surface area contributed by atoms with Crippen LogP contribution in [0.25, 0.3) is 0 Å². The number of carboxylic acid groups (broad SMARTS) is 1. The molecule has 1 aromatic carbocycles. The second kappa shape index (κ2) is 6.01. The summed E-state index contributed by atoms with van der Waals surface area (Å²) in [6.45, 7) is 4.92. The fourth-order valence-electron chi connectivity index (χ4n) is 2.72. The van der Waals surface area contributed by atoms with Crippen molar-refractivity contribution in [1.29, 1.82) is 0 Å². The van der Waals surface area contributed by atoms with E-state index in [-0.39, 0.29) is 0 Å². The lowest BCUT2D eigenvalue weighted by Gasteiger charge is -2.32. The van der Waals surface area contributed by atoms with Gasteiger partial charge in [-0.3, -0.25) is 4.79 Å². The van der Waals surface area contributed by atoms with Crippen LogP contribution in [0.15, 0.2) is 30.3 Å². The topological polar surface area (TPSA) is 40.5 Å². The lowest BCUT2D eigenvalue weighted by atomic mass is 9.95. The highest BCUT2D eigenvalue weighted by atomic mass is 16.4. The van der Waals surface area contributed by atoms with E-state index in [1.165, 1.54) is 12.8 Å². The Morgan fingerprint density at radius 1 is 1.44 bits per heavy atom. The van der Waals surface area contributed by atoms with Crippen LogP contribution < -0.4 is 0 Å². The summed E-state index contributed by atoms with van der Waals surface area (Å²) in [6.07, 6.45) is 2.45. The first-order valence-electron chi connectivity index (χ1n) is 6.67. The van der Waals surface area contributed by atoms with E-state index in [4.69, 9.17) is 0 Å². The van der Waals surface area contributed by atoms with Crippen LogP contribution in [-0.2, 0) is 4.79 Å². The zero-order valence-electron chi connectivity index (χ0n) is 10.9. The van der Waals surface area contributed by atoms with Crippen molar-refractivity contribution in [1.82, 2.24) is 4.90 Å². The molecule has 0 aliphatic carbocycles. The van der Waals surface area contributed by atoms with Crippen molar-refractivity contribution in [2.45, 2.75) is 25.7 Å². The van der Waals surface area contributed by atoms with Crippen LogP contribution in [0.1, 0.15) is 31.2 Å². The fourth-order valence-corrected chi connectivity index (χ4v) is 2.72. The Hall–Kier alpha value is -1.35. The van der Waals surface area contributed by atoms with E-state index in [1.54, 1.807) is 0 Å². The van der Waals surface area contributed by atoms with Crippen molar-refractivity contribution >= 4 is 5.97 Å². The molecule has 0 aromatic heterocycles. The van der Waals surface area contributed by atoms with Gasteiger partial charge < -0.3 is 10.0 Å². The lowest BCUT2D eigenvalue weighted by Crippen LogP contribution is -2.38. The molecule has 0 radical (unpaired) electrons. The predicted octanol–water partition coefficient (Wildman–Crippen LogP) is 2.59. The number of carbonyl (C=O) groups is 1. The largest absolute Gasteiger partial charge is 0.481 e. The number of piperidine rings is 1. The van der Waals surface area contributed by atoms with Crippen molar-refractivity contribution < 1.29 is 9.90 Å². The van der Waals surface area contributed by atoms with E-state index in [0.717, 1.165) is 18.7 Å². The van der Waals surface area contributed by atoms with Crippen molar-refractivity contribution in [3.63, 3.8) is 0 Å². The molecule has 18 heavy (non-hydrogen) atoms. The molecule has 3 heteroatoms. The van der Waals surface area contributed by atoms with Crippen LogP contribution in [-0.4, -0.2) is 35.6 Å². The predicted molar refractivity (Wildman–Crippen MR) is 71.7 cm³/mol. The molecule has 98 valence electrons. The molecule has 1 N–H and O–H groups in total. The monoisotopic (exact) mass is 247 g/mol. The number of hydrogen-bond donors (Lipinski definition) is 1. The number of carboxylic acids is 1. The second-order valence-electron chi connectivity index (χ2n) is 5.31. The van der Waals surface area contributed by atoms with Gasteiger partial charge in [-0.25, -0.2) is 0 Å². The summed E-state index contributed by atoms with van der Waals surface area (Å²) in [5, 5.41) is 9.40. The van der Waals surface area contributed by atoms with Gasteiger partial charge in [0.2, 0.25) is 0 Å². The first-order valence-corrected chi connectivity index (χ1v) is 6.67. The highest BCUT2D eigenvalue weighted by Crippen LogP contribution is 2.21. The Labute approximate surface area is 108 Å². The van der Waals surface area contributed by atoms with Crippen molar-refractivity contribution in [2.75, 3.05) is 19.6 Å². The fraction of sp³-hybridized carbons (Fsp3) is 0.533. The SMILES string of the molecule is CC1CCCN(CC(C(=O)O)c2ccccc2)C1. The maximum absolute atomic E-state index is 11.4. The third kappa shape index (κ3) is 3.33. The molecule has 1 fully saturated rings. The Morgan fingerprint density at radius 2 is 2.17 bits per heavy atom. The Bertz CT molecular complexity index is 391. The minimum Gasteiger partial charge on any atom is -0.481 e. The lowest BCUT2D eigenvalue weighted by molar-refractivity contribution is -0.139. The van der Waals surface area contributed by atoms with E-state index < -0.39 is 11.9 Å². The molecule has 0 bridgehead atoms. The average molecular weight is 247 g/mol. The molecule has 1 heterocycles. The number of nitrogens with zero attached hydrogens (tertiary/aromatic N) is 1. The zero-order chi connectivity index (χ0) is 13.0. The third-order valence-corrected chi connectivity index (χ3v) is 3.68. The van der Waals surface area contributed by atoms with Gasteiger partial charge in [-0.15, -0.1) is 0 Å². The maximum Gasteiger partial charge on any atom is 0.312 e. The molecule has 2 atom stereocenters. The van der Waals surface area contributed by atoms with Gasteiger partial charge in [-0.2, -0.15) is 0 Å². The van der Waals surface area contributed by atoms with Crippen LogP contribution in [0, 0.1) is 5.92 Å². The molecule has 0 spiro atoms. The summed E-state index contributed by atoms with van der Waals surface area (Å²) in [5.41, 5.74) is 0.906. The molecular formula is C15H21NO2. The van der Waals surface area contributed by atoms with Gasteiger partial charge in [-0.05, 0) is 30.9 Å². The van der Waals surface area contributed by atoms with Crippen LogP contribution in [0.5, 0.6) is 0 Å². The second-order valence-corrected chi connectivity index (χ2v) is 5.31. The molecule has 2 rings (SSSR count). The van der Waals surface area contributed by atoms with Crippen molar-refractivity contribution in [2.24, 2.45) is 5.92 Å². The molecule has 1 aromatic rings. The van der Waals surface area contributed by atoms with Gasteiger partial charge in [0.25, 0.3) is 0 Å². The molecule has 0 amide bonds. The van der Waals surface area contributed by atoms with E-state index in [0.29, 0.717) is 12.5 Å².